The molecule has 1 aliphatic carbocycles. The molecule has 0 unspecified atom stereocenters. The standard InChI is InChI=1S/C8H12N4O2/c1-8(2)5(6(8)9)4-3-10-11-7(4)12(13)14/h3,5-6H,9H2,1-2H3,(H,10,11)/t5-,6-/m1/s1. The monoisotopic (exact) mass is 196 g/mol. The zero-order valence-electron chi connectivity index (χ0n) is 8.02. The minimum absolute atomic E-state index is 0.0150. The fourth-order valence-electron chi connectivity index (χ4n) is 1.93. The van der Waals surface area contributed by atoms with Gasteiger partial charge in [0.25, 0.3) is 0 Å². The van der Waals surface area contributed by atoms with Crippen molar-refractivity contribution in [3.05, 3.63) is 21.9 Å². The summed E-state index contributed by atoms with van der Waals surface area (Å²) in [5.41, 5.74) is 6.40. The maximum absolute atomic E-state index is 10.6. The lowest BCUT2D eigenvalue weighted by molar-refractivity contribution is -0.390. The van der Waals surface area contributed by atoms with Gasteiger partial charge in [-0.05, 0) is 10.3 Å². The largest absolute Gasteiger partial charge is 0.358 e. The molecule has 1 fully saturated rings. The molecular weight excluding hydrogens is 184 g/mol. The summed E-state index contributed by atoms with van der Waals surface area (Å²) in [5.74, 6) is 0.0117. The minimum Gasteiger partial charge on any atom is -0.358 e. The van der Waals surface area contributed by atoms with E-state index in [1.165, 1.54) is 6.20 Å². The molecule has 6 heteroatoms. The number of nitro groups is 1. The van der Waals surface area contributed by atoms with Crippen LogP contribution in [-0.2, 0) is 0 Å². The van der Waals surface area contributed by atoms with Gasteiger partial charge in [0.2, 0.25) is 0 Å². The van der Waals surface area contributed by atoms with Gasteiger partial charge in [-0.25, -0.2) is 0 Å². The normalized spacial score (nSPS) is 28.8. The molecule has 6 nitrogen and oxygen atoms in total. The van der Waals surface area contributed by atoms with Crippen LogP contribution in [0.5, 0.6) is 0 Å². The van der Waals surface area contributed by atoms with Gasteiger partial charge in [0, 0.05) is 12.0 Å². The smallest absolute Gasteiger partial charge is 0.346 e. The van der Waals surface area contributed by atoms with Crippen molar-refractivity contribution >= 4 is 5.82 Å². The van der Waals surface area contributed by atoms with Crippen LogP contribution in [0, 0.1) is 15.5 Å². The van der Waals surface area contributed by atoms with Gasteiger partial charge < -0.3 is 15.8 Å². The van der Waals surface area contributed by atoms with E-state index in [0.717, 1.165) is 0 Å². The Balaban J connectivity index is 2.35. The third-order valence-electron chi connectivity index (χ3n) is 3.08. The number of hydrogen-bond donors (Lipinski definition) is 2. The number of H-pyrrole nitrogens is 1. The lowest BCUT2D eigenvalue weighted by Crippen LogP contribution is -2.06. The SMILES string of the molecule is CC1(C)[C@H](N)[C@H]1c1cn[nH]c1[N+](=O)[O-]. The van der Waals surface area contributed by atoms with E-state index in [2.05, 4.69) is 10.2 Å². The Labute approximate surface area is 80.6 Å². The van der Waals surface area contributed by atoms with Gasteiger partial charge in [-0.1, -0.05) is 18.9 Å². The van der Waals surface area contributed by atoms with Crippen LogP contribution < -0.4 is 5.73 Å². The second-order valence-electron chi connectivity index (χ2n) is 4.26. The van der Waals surface area contributed by atoms with Crippen molar-refractivity contribution in [3.8, 4) is 0 Å². The molecule has 1 aromatic rings. The Hall–Kier alpha value is -1.43. The molecule has 76 valence electrons. The summed E-state index contributed by atoms with van der Waals surface area (Å²) in [4.78, 5) is 10.2. The summed E-state index contributed by atoms with van der Waals surface area (Å²) < 4.78 is 0. The molecule has 1 aromatic heterocycles. The Morgan fingerprint density at radius 1 is 1.71 bits per heavy atom. The number of aromatic nitrogens is 2. The van der Waals surface area contributed by atoms with E-state index in [9.17, 15) is 10.1 Å². The first-order valence-corrected chi connectivity index (χ1v) is 4.39. The highest BCUT2D eigenvalue weighted by atomic mass is 16.6. The topological polar surface area (TPSA) is 97.8 Å². The Bertz CT molecular complexity index is 384. The molecule has 1 heterocycles. The number of rotatable bonds is 2. The highest BCUT2D eigenvalue weighted by Crippen LogP contribution is 2.58. The molecular formula is C8H12N4O2. The van der Waals surface area contributed by atoms with Crippen LogP contribution in [0.3, 0.4) is 0 Å². The van der Waals surface area contributed by atoms with Gasteiger partial charge in [-0.3, -0.25) is 0 Å². The van der Waals surface area contributed by atoms with Gasteiger partial charge in [-0.2, -0.15) is 0 Å². The first-order valence-electron chi connectivity index (χ1n) is 4.39. The number of aromatic amines is 1. The number of nitrogens with one attached hydrogen (secondary N) is 1. The van der Waals surface area contributed by atoms with E-state index in [-0.39, 0.29) is 23.2 Å². The van der Waals surface area contributed by atoms with Gasteiger partial charge in [0.15, 0.2) is 0 Å². The third kappa shape index (κ3) is 1.04. The van der Waals surface area contributed by atoms with Gasteiger partial charge >= 0.3 is 5.82 Å². The highest BCUT2D eigenvalue weighted by Gasteiger charge is 2.58. The van der Waals surface area contributed by atoms with Crippen molar-refractivity contribution in [3.63, 3.8) is 0 Å². The Morgan fingerprint density at radius 3 is 2.71 bits per heavy atom. The first-order chi connectivity index (χ1) is 6.46. The second kappa shape index (κ2) is 2.54. The van der Waals surface area contributed by atoms with E-state index >= 15 is 0 Å². The zero-order valence-corrected chi connectivity index (χ0v) is 8.02. The number of nitrogens with zero attached hydrogens (tertiary/aromatic N) is 2. The number of nitrogens with two attached hydrogens (primary N) is 1. The van der Waals surface area contributed by atoms with Crippen LogP contribution in [-0.4, -0.2) is 21.2 Å². The fourth-order valence-corrected chi connectivity index (χ4v) is 1.93. The molecule has 0 saturated heterocycles. The van der Waals surface area contributed by atoms with Gasteiger partial charge in [0.05, 0.1) is 11.8 Å². The molecule has 0 spiro atoms. The third-order valence-corrected chi connectivity index (χ3v) is 3.08. The van der Waals surface area contributed by atoms with E-state index in [0.29, 0.717) is 5.56 Å². The van der Waals surface area contributed by atoms with Crippen LogP contribution in [0.4, 0.5) is 5.82 Å². The lowest BCUT2D eigenvalue weighted by atomic mass is 10.1. The molecule has 0 radical (unpaired) electrons. The first kappa shape index (κ1) is 9.14. The minimum atomic E-state index is -0.455. The van der Waals surface area contributed by atoms with Crippen molar-refractivity contribution in [1.29, 1.82) is 0 Å². The molecule has 1 saturated carbocycles. The molecule has 0 aromatic carbocycles. The molecule has 2 atom stereocenters. The fraction of sp³-hybridized carbons (Fsp3) is 0.625. The van der Waals surface area contributed by atoms with Crippen molar-refractivity contribution in [2.24, 2.45) is 11.1 Å². The van der Waals surface area contributed by atoms with Crippen molar-refractivity contribution in [2.45, 2.75) is 25.8 Å². The quantitative estimate of drug-likeness (QED) is 0.539. The average molecular weight is 196 g/mol. The predicted molar refractivity (Wildman–Crippen MR) is 49.7 cm³/mol. The summed E-state index contributed by atoms with van der Waals surface area (Å²) in [5, 5.41) is 16.7. The summed E-state index contributed by atoms with van der Waals surface area (Å²) in [6, 6.07) is -0.0150. The summed E-state index contributed by atoms with van der Waals surface area (Å²) >= 11 is 0. The average Bonchev–Trinajstić information content (AvgIpc) is 2.54. The molecule has 3 N–H and O–H groups in total. The number of hydrogen-bond acceptors (Lipinski definition) is 4. The molecule has 0 bridgehead atoms. The lowest BCUT2D eigenvalue weighted by Gasteiger charge is -1.99. The summed E-state index contributed by atoms with van der Waals surface area (Å²) in [6.45, 7) is 4.00. The van der Waals surface area contributed by atoms with E-state index in [1.54, 1.807) is 0 Å². The molecule has 0 aliphatic heterocycles. The molecule has 2 rings (SSSR count). The summed E-state index contributed by atoms with van der Waals surface area (Å²) in [6.07, 6.45) is 1.50. The predicted octanol–water partition coefficient (Wildman–Crippen LogP) is 0.769. The van der Waals surface area contributed by atoms with E-state index in [1.807, 2.05) is 13.8 Å². The van der Waals surface area contributed by atoms with Gasteiger partial charge in [0.1, 0.15) is 0 Å². The van der Waals surface area contributed by atoms with Crippen molar-refractivity contribution < 1.29 is 4.92 Å². The molecule has 14 heavy (non-hydrogen) atoms. The summed E-state index contributed by atoms with van der Waals surface area (Å²) in [7, 11) is 0. The van der Waals surface area contributed by atoms with Crippen LogP contribution in [0.15, 0.2) is 6.20 Å². The van der Waals surface area contributed by atoms with Gasteiger partial charge in [-0.15, -0.1) is 5.10 Å². The van der Waals surface area contributed by atoms with Crippen LogP contribution in [0.1, 0.15) is 25.3 Å². The Morgan fingerprint density at radius 2 is 2.29 bits per heavy atom. The highest BCUT2D eigenvalue weighted by molar-refractivity contribution is 5.42. The molecule has 1 aliphatic rings. The van der Waals surface area contributed by atoms with Crippen LogP contribution in [0.25, 0.3) is 0 Å². The van der Waals surface area contributed by atoms with E-state index < -0.39 is 4.92 Å². The zero-order chi connectivity index (χ0) is 10.5. The maximum Gasteiger partial charge on any atom is 0.346 e. The van der Waals surface area contributed by atoms with E-state index in [4.69, 9.17) is 5.73 Å². The molecule has 0 amide bonds. The van der Waals surface area contributed by atoms with Crippen LogP contribution >= 0.6 is 0 Å². The maximum atomic E-state index is 10.6. The Kier molecular flexibility index (Phi) is 1.66. The van der Waals surface area contributed by atoms with Crippen molar-refractivity contribution in [1.82, 2.24) is 10.2 Å². The van der Waals surface area contributed by atoms with Crippen LogP contribution in [0.2, 0.25) is 0 Å². The second-order valence-corrected chi connectivity index (χ2v) is 4.26. The van der Waals surface area contributed by atoms with Crippen molar-refractivity contribution in [2.75, 3.05) is 0 Å².